The topological polar surface area (TPSA) is 70.6 Å². The van der Waals surface area contributed by atoms with Gasteiger partial charge in [-0.3, -0.25) is 0 Å². The fraction of sp³-hybridized carbons (Fsp3) is 0.316. The Bertz CT molecular complexity index is 697. The van der Waals surface area contributed by atoms with Crippen LogP contribution in [-0.2, 0) is 11.3 Å². The van der Waals surface area contributed by atoms with E-state index in [1.807, 2.05) is 43.3 Å². The van der Waals surface area contributed by atoms with E-state index in [0.717, 1.165) is 29.7 Å². The van der Waals surface area contributed by atoms with E-state index < -0.39 is 0 Å². The maximum Gasteiger partial charge on any atom is 0.407 e. The Morgan fingerprint density at radius 3 is 2.62 bits per heavy atom. The minimum absolute atomic E-state index is 0.142. The summed E-state index contributed by atoms with van der Waals surface area (Å²) in [6, 6.07) is 15.4. The number of ether oxygens (including phenoxy) is 1. The second kappa shape index (κ2) is 7.25. The molecule has 0 heterocycles. The quantitative estimate of drug-likeness (QED) is 0.735. The molecule has 3 rings (SSSR count). The fourth-order valence-electron chi connectivity index (χ4n) is 2.81. The molecule has 126 valence electrons. The van der Waals surface area contributed by atoms with Gasteiger partial charge in [-0.15, -0.1) is 0 Å². The molecule has 24 heavy (non-hydrogen) atoms. The number of amides is 1. The van der Waals surface area contributed by atoms with Gasteiger partial charge in [0.15, 0.2) is 0 Å². The van der Waals surface area contributed by atoms with Crippen LogP contribution in [0.1, 0.15) is 24.0 Å². The molecule has 0 saturated heterocycles. The van der Waals surface area contributed by atoms with Gasteiger partial charge in [-0.1, -0.05) is 30.3 Å². The molecule has 5 nitrogen and oxygen atoms in total. The number of carbonyl (C=O) groups is 1. The van der Waals surface area contributed by atoms with Crippen LogP contribution in [0, 0.1) is 6.92 Å². The molecule has 2 aromatic carbocycles. The Kier molecular flexibility index (Phi) is 4.89. The lowest BCUT2D eigenvalue weighted by Crippen LogP contribution is -2.49. The van der Waals surface area contributed by atoms with Crippen LogP contribution >= 0.6 is 0 Å². The molecule has 0 radical (unpaired) electrons. The molecule has 1 aliphatic rings. The smallest absolute Gasteiger partial charge is 0.407 e. The lowest BCUT2D eigenvalue weighted by atomic mass is 9.86. The van der Waals surface area contributed by atoms with Gasteiger partial charge in [-0.2, -0.15) is 0 Å². The van der Waals surface area contributed by atoms with Crippen molar-refractivity contribution in [3.63, 3.8) is 0 Å². The number of hydrogen-bond donors (Lipinski definition) is 3. The highest BCUT2D eigenvalue weighted by molar-refractivity contribution is 5.68. The summed E-state index contributed by atoms with van der Waals surface area (Å²) in [6.45, 7) is 2.24. The van der Waals surface area contributed by atoms with Gasteiger partial charge in [-0.05, 0) is 49.1 Å². The van der Waals surface area contributed by atoms with Crippen molar-refractivity contribution in [2.45, 2.75) is 38.5 Å². The number of carbonyl (C=O) groups excluding carboxylic acids is 1. The highest BCUT2D eigenvalue weighted by atomic mass is 16.5. The molecule has 1 amide bonds. The number of aryl methyl sites for hydroxylation is 1. The summed E-state index contributed by atoms with van der Waals surface area (Å²) in [5.74, 6) is 0.271. The first kappa shape index (κ1) is 16.2. The molecule has 2 aromatic rings. The van der Waals surface area contributed by atoms with E-state index in [4.69, 9.17) is 4.74 Å². The fourth-order valence-corrected chi connectivity index (χ4v) is 2.81. The standard InChI is InChI=1S/C19H22N2O3/c1-13-9-17(22)7-8-18(13)20-15-10-16(11-15)21-19(23)24-12-14-5-3-2-4-6-14/h2-9,15-16,20,22H,10-12H2,1H3,(H,21,23). The zero-order valence-corrected chi connectivity index (χ0v) is 13.7. The van der Waals surface area contributed by atoms with Gasteiger partial charge in [0.25, 0.3) is 0 Å². The first-order valence-electron chi connectivity index (χ1n) is 8.13. The maximum atomic E-state index is 11.8. The number of anilines is 1. The molecule has 1 aliphatic carbocycles. The van der Waals surface area contributed by atoms with Crippen molar-refractivity contribution in [2.75, 3.05) is 5.32 Å². The van der Waals surface area contributed by atoms with Crippen LogP contribution in [0.25, 0.3) is 0 Å². The molecule has 5 heteroatoms. The summed E-state index contributed by atoms with van der Waals surface area (Å²) in [6.07, 6.45) is 1.35. The molecule has 1 saturated carbocycles. The second-order valence-electron chi connectivity index (χ2n) is 6.21. The van der Waals surface area contributed by atoms with Crippen LogP contribution in [0.4, 0.5) is 10.5 Å². The average molecular weight is 326 g/mol. The third-order valence-corrected chi connectivity index (χ3v) is 4.24. The SMILES string of the molecule is Cc1cc(O)ccc1NC1CC(NC(=O)OCc2ccccc2)C1. The van der Waals surface area contributed by atoms with E-state index in [0.29, 0.717) is 6.04 Å². The van der Waals surface area contributed by atoms with Crippen LogP contribution in [0.5, 0.6) is 5.75 Å². The number of aromatic hydroxyl groups is 1. The van der Waals surface area contributed by atoms with Gasteiger partial charge < -0.3 is 20.5 Å². The summed E-state index contributed by atoms with van der Waals surface area (Å²) in [5.41, 5.74) is 3.00. The lowest BCUT2D eigenvalue weighted by molar-refractivity contribution is 0.129. The Morgan fingerprint density at radius 2 is 1.92 bits per heavy atom. The van der Waals surface area contributed by atoms with Crippen LogP contribution in [0.2, 0.25) is 0 Å². The van der Waals surface area contributed by atoms with E-state index in [-0.39, 0.29) is 24.5 Å². The van der Waals surface area contributed by atoms with Gasteiger partial charge in [0.1, 0.15) is 12.4 Å². The Hall–Kier alpha value is -2.69. The predicted octanol–water partition coefficient (Wildman–Crippen LogP) is 3.57. The number of alkyl carbamates (subject to hydrolysis) is 1. The first-order chi connectivity index (χ1) is 11.6. The summed E-state index contributed by atoms with van der Waals surface area (Å²) < 4.78 is 5.22. The highest BCUT2D eigenvalue weighted by Gasteiger charge is 2.30. The minimum Gasteiger partial charge on any atom is -0.508 e. The predicted molar refractivity (Wildman–Crippen MR) is 93.0 cm³/mol. The molecule has 0 aliphatic heterocycles. The monoisotopic (exact) mass is 326 g/mol. The zero-order chi connectivity index (χ0) is 16.9. The van der Waals surface area contributed by atoms with E-state index in [1.54, 1.807) is 12.1 Å². The zero-order valence-electron chi connectivity index (χ0n) is 13.7. The normalized spacial score (nSPS) is 19.2. The Labute approximate surface area is 141 Å². The molecule has 0 atom stereocenters. The van der Waals surface area contributed by atoms with Gasteiger partial charge in [0, 0.05) is 17.8 Å². The summed E-state index contributed by atoms with van der Waals surface area (Å²) >= 11 is 0. The number of phenols is 1. The molecule has 0 unspecified atom stereocenters. The van der Waals surface area contributed by atoms with E-state index >= 15 is 0 Å². The third kappa shape index (κ3) is 4.19. The van der Waals surface area contributed by atoms with Crippen LogP contribution in [0.15, 0.2) is 48.5 Å². The third-order valence-electron chi connectivity index (χ3n) is 4.24. The average Bonchev–Trinajstić information content (AvgIpc) is 2.54. The highest BCUT2D eigenvalue weighted by Crippen LogP contribution is 2.27. The molecule has 3 N–H and O–H groups in total. The Balaban J connectivity index is 1.38. The molecular weight excluding hydrogens is 304 g/mol. The van der Waals surface area contributed by atoms with Crippen molar-refractivity contribution in [3.05, 3.63) is 59.7 Å². The maximum absolute atomic E-state index is 11.8. The molecule has 1 fully saturated rings. The van der Waals surface area contributed by atoms with E-state index in [2.05, 4.69) is 10.6 Å². The van der Waals surface area contributed by atoms with Crippen molar-refractivity contribution in [1.82, 2.24) is 5.32 Å². The van der Waals surface area contributed by atoms with Gasteiger partial charge in [-0.25, -0.2) is 4.79 Å². The molecule has 0 bridgehead atoms. The lowest BCUT2D eigenvalue weighted by Gasteiger charge is -2.36. The number of phenolic OH excluding ortho intramolecular Hbond substituents is 1. The van der Waals surface area contributed by atoms with Gasteiger partial charge in [0.05, 0.1) is 0 Å². The molecule has 0 spiro atoms. The van der Waals surface area contributed by atoms with Crippen LogP contribution in [-0.4, -0.2) is 23.3 Å². The van der Waals surface area contributed by atoms with Crippen molar-refractivity contribution >= 4 is 11.8 Å². The van der Waals surface area contributed by atoms with Crippen molar-refractivity contribution in [3.8, 4) is 5.75 Å². The number of hydrogen-bond acceptors (Lipinski definition) is 4. The van der Waals surface area contributed by atoms with Crippen LogP contribution < -0.4 is 10.6 Å². The summed E-state index contributed by atoms with van der Waals surface area (Å²) in [5, 5.41) is 15.7. The van der Waals surface area contributed by atoms with Crippen molar-refractivity contribution < 1.29 is 14.6 Å². The minimum atomic E-state index is -0.372. The van der Waals surface area contributed by atoms with E-state index in [1.165, 1.54) is 0 Å². The first-order valence-corrected chi connectivity index (χ1v) is 8.13. The number of nitrogens with one attached hydrogen (secondary N) is 2. The summed E-state index contributed by atoms with van der Waals surface area (Å²) in [4.78, 5) is 11.8. The van der Waals surface area contributed by atoms with Crippen molar-refractivity contribution in [2.24, 2.45) is 0 Å². The largest absolute Gasteiger partial charge is 0.508 e. The number of benzene rings is 2. The Morgan fingerprint density at radius 1 is 1.17 bits per heavy atom. The van der Waals surface area contributed by atoms with E-state index in [9.17, 15) is 9.90 Å². The molecule has 0 aromatic heterocycles. The van der Waals surface area contributed by atoms with Gasteiger partial charge in [0.2, 0.25) is 0 Å². The van der Waals surface area contributed by atoms with Crippen molar-refractivity contribution in [1.29, 1.82) is 0 Å². The number of rotatable bonds is 5. The van der Waals surface area contributed by atoms with Crippen LogP contribution in [0.3, 0.4) is 0 Å². The second-order valence-corrected chi connectivity index (χ2v) is 6.21. The van der Waals surface area contributed by atoms with Gasteiger partial charge >= 0.3 is 6.09 Å². The molecular formula is C19H22N2O3. The summed E-state index contributed by atoms with van der Waals surface area (Å²) in [7, 11) is 0.